The second-order valence-corrected chi connectivity index (χ2v) is 9.92. The minimum Gasteiger partial charge on any atom is -0.370 e. The van der Waals surface area contributed by atoms with E-state index in [1.165, 1.54) is 0 Å². The number of guanidine groups is 1. The summed E-state index contributed by atoms with van der Waals surface area (Å²) < 4.78 is 0. The van der Waals surface area contributed by atoms with Gasteiger partial charge < -0.3 is 22.5 Å². The number of carbonyl (C=O) groups excluding carboxylic acids is 3. The van der Waals surface area contributed by atoms with Crippen LogP contribution in [0.1, 0.15) is 44.2 Å². The zero-order chi connectivity index (χ0) is 27.4. The van der Waals surface area contributed by atoms with Crippen molar-refractivity contribution in [2.24, 2.45) is 23.1 Å². The fourth-order valence-corrected chi connectivity index (χ4v) is 4.36. The summed E-state index contributed by atoms with van der Waals surface area (Å²) >= 11 is 0. The number of benzene rings is 2. The molecule has 0 spiro atoms. The van der Waals surface area contributed by atoms with Gasteiger partial charge in [-0.3, -0.25) is 25.1 Å². The van der Waals surface area contributed by atoms with Crippen LogP contribution in [0.25, 0.3) is 0 Å². The van der Waals surface area contributed by atoms with Gasteiger partial charge in [0.15, 0.2) is 17.5 Å². The van der Waals surface area contributed by atoms with Gasteiger partial charge in [0.2, 0.25) is 5.91 Å². The smallest absolute Gasteiger partial charge is 0.234 e. The van der Waals surface area contributed by atoms with Crippen molar-refractivity contribution < 1.29 is 14.4 Å². The number of primary amides is 1. The zero-order valence-electron chi connectivity index (χ0n) is 21.7. The first-order valence-corrected chi connectivity index (χ1v) is 12.5. The summed E-state index contributed by atoms with van der Waals surface area (Å²) in [5.41, 5.74) is 17.9. The largest absolute Gasteiger partial charge is 0.370 e. The fourth-order valence-electron chi connectivity index (χ4n) is 4.36. The van der Waals surface area contributed by atoms with E-state index in [2.05, 4.69) is 10.6 Å². The van der Waals surface area contributed by atoms with Crippen molar-refractivity contribution in [1.82, 2.24) is 10.6 Å². The van der Waals surface area contributed by atoms with Gasteiger partial charge in [-0.05, 0) is 50.7 Å². The molecule has 0 fully saturated rings. The minimum absolute atomic E-state index is 0.00337. The lowest BCUT2D eigenvalue weighted by molar-refractivity contribution is -0.133. The molecule has 9 heteroatoms. The quantitative estimate of drug-likeness (QED) is 0.113. The van der Waals surface area contributed by atoms with Crippen LogP contribution in [-0.2, 0) is 27.2 Å². The van der Waals surface area contributed by atoms with Crippen molar-refractivity contribution in [1.29, 1.82) is 5.41 Å². The van der Waals surface area contributed by atoms with Gasteiger partial charge in [0.1, 0.15) is 0 Å². The van der Waals surface area contributed by atoms with Gasteiger partial charge >= 0.3 is 0 Å². The monoisotopic (exact) mass is 508 g/mol. The van der Waals surface area contributed by atoms with E-state index in [1.807, 2.05) is 60.7 Å². The Bertz CT molecular complexity index is 1040. The molecule has 0 aliphatic rings. The lowest BCUT2D eigenvalue weighted by Gasteiger charge is -2.33. The summed E-state index contributed by atoms with van der Waals surface area (Å²) in [5.74, 6) is -1.74. The highest BCUT2D eigenvalue weighted by Crippen LogP contribution is 2.22. The van der Waals surface area contributed by atoms with E-state index < -0.39 is 29.4 Å². The summed E-state index contributed by atoms with van der Waals surface area (Å²) in [5, 5.41) is 13.0. The van der Waals surface area contributed by atoms with Gasteiger partial charge in [0.25, 0.3) is 0 Å². The molecule has 0 bridgehead atoms. The summed E-state index contributed by atoms with van der Waals surface area (Å²) in [6.45, 7) is 3.80. The van der Waals surface area contributed by atoms with Gasteiger partial charge in [-0.25, -0.2) is 0 Å². The van der Waals surface area contributed by atoms with Crippen LogP contribution in [0.2, 0.25) is 0 Å². The van der Waals surface area contributed by atoms with Crippen molar-refractivity contribution in [2.75, 3.05) is 6.54 Å². The molecular formula is C28H40N6O3. The Labute approximate surface area is 219 Å². The highest BCUT2D eigenvalue weighted by Gasteiger charge is 2.37. The molecule has 9 nitrogen and oxygen atoms in total. The molecule has 0 aliphatic heterocycles. The third-order valence-corrected chi connectivity index (χ3v) is 6.33. The van der Waals surface area contributed by atoms with E-state index in [0.29, 0.717) is 32.2 Å². The number of hydrogen-bond acceptors (Lipinski definition) is 6. The Kier molecular flexibility index (Phi) is 11.4. The average Bonchev–Trinajstić information content (AvgIpc) is 2.85. The standard InChI is InChI=1S/C28H40N6O3/c1-28(2,34-23(26(30)37)14-9-15-33-27(31)32)25(36)21(16-19-10-5-3-6-11-19)18-24(35)22(29)17-20-12-7-4-8-13-20/h3-8,10-13,21-23,34H,9,14-18,29H2,1-2H3,(H2,30,37)(H4,31,32,33). The topological polar surface area (TPSA) is 177 Å². The van der Waals surface area contributed by atoms with Crippen LogP contribution in [-0.4, -0.2) is 47.6 Å². The molecule has 0 aliphatic carbocycles. The summed E-state index contributed by atoms with van der Waals surface area (Å²) in [6.07, 6.45) is 1.64. The van der Waals surface area contributed by atoms with Gasteiger partial charge in [0, 0.05) is 18.9 Å². The molecular weight excluding hydrogens is 468 g/mol. The molecule has 0 saturated carbocycles. The van der Waals surface area contributed by atoms with Crippen molar-refractivity contribution in [3.8, 4) is 0 Å². The Hall–Kier alpha value is -3.56. The van der Waals surface area contributed by atoms with Gasteiger partial charge in [-0.15, -0.1) is 0 Å². The number of hydrogen-bond donors (Lipinski definition) is 6. The molecule has 0 radical (unpaired) electrons. The first kappa shape index (κ1) is 29.7. The Morgan fingerprint density at radius 3 is 1.97 bits per heavy atom. The maximum absolute atomic E-state index is 13.8. The maximum Gasteiger partial charge on any atom is 0.234 e. The molecule has 9 N–H and O–H groups in total. The van der Waals surface area contributed by atoms with E-state index in [0.717, 1.165) is 11.1 Å². The van der Waals surface area contributed by atoms with Crippen LogP contribution >= 0.6 is 0 Å². The van der Waals surface area contributed by atoms with E-state index in [-0.39, 0.29) is 23.9 Å². The van der Waals surface area contributed by atoms with Crippen molar-refractivity contribution in [3.63, 3.8) is 0 Å². The third-order valence-electron chi connectivity index (χ3n) is 6.33. The molecule has 0 saturated heterocycles. The molecule has 3 atom stereocenters. The number of amides is 1. The maximum atomic E-state index is 13.8. The summed E-state index contributed by atoms with van der Waals surface area (Å²) in [7, 11) is 0. The molecule has 2 aromatic carbocycles. The number of ketones is 2. The van der Waals surface area contributed by atoms with Gasteiger partial charge in [-0.1, -0.05) is 60.7 Å². The van der Waals surface area contributed by atoms with Crippen LogP contribution < -0.4 is 27.8 Å². The van der Waals surface area contributed by atoms with Crippen LogP contribution in [0.5, 0.6) is 0 Å². The predicted molar refractivity (Wildman–Crippen MR) is 146 cm³/mol. The molecule has 37 heavy (non-hydrogen) atoms. The minimum atomic E-state index is -1.13. The number of nitrogens with one attached hydrogen (secondary N) is 3. The third kappa shape index (κ3) is 10.1. The second kappa shape index (κ2) is 14.2. The number of carbonyl (C=O) groups is 3. The van der Waals surface area contributed by atoms with Crippen molar-refractivity contribution in [3.05, 3.63) is 71.8 Å². The molecule has 0 aromatic heterocycles. The van der Waals surface area contributed by atoms with E-state index in [9.17, 15) is 14.4 Å². The SMILES string of the molecule is CC(C)(NC(CCCNC(=N)N)C(N)=O)C(=O)C(CC(=O)C(N)Cc1ccccc1)Cc1ccccc1. The first-order chi connectivity index (χ1) is 17.5. The van der Waals surface area contributed by atoms with Crippen LogP contribution in [0.15, 0.2) is 60.7 Å². The number of Topliss-reactive ketones (excluding diaryl/α,β-unsaturated/α-hetero) is 2. The normalized spacial score (nSPS) is 13.8. The number of nitrogens with two attached hydrogens (primary N) is 3. The highest BCUT2D eigenvalue weighted by molar-refractivity contribution is 5.95. The van der Waals surface area contributed by atoms with E-state index in [4.69, 9.17) is 22.6 Å². The van der Waals surface area contributed by atoms with Gasteiger partial charge in [0.05, 0.1) is 17.6 Å². The molecule has 0 heterocycles. The first-order valence-electron chi connectivity index (χ1n) is 12.5. The lowest BCUT2D eigenvalue weighted by atomic mass is 9.80. The highest BCUT2D eigenvalue weighted by atomic mass is 16.2. The zero-order valence-corrected chi connectivity index (χ0v) is 21.7. The second-order valence-electron chi connectivity index (χ2n) is 9.92. The Morgan fingerprint density at radius 2 is 1.46 bits per heavy atom. The number of rotatable bonds is 16. The predicted octanol–water partition coefficient (Wildman–Crippen LogP) is 1.43. The summed E-state index contributed by atoms with van der Waals surface area (Å²) in [6, 6.07) is 17.6. The molecule has 2 rings (SSSR count). The molecule has 3 unspecified atom stereocenters. The Morgan fingerprint density at radius 1 is 0.919 bits per heavy atom. The summed E-state index contributed by atoms with van der Waals surface area (Å²) in [4.78, 5) is 39.1. The molecule has 200 valence electrons. The average molecular weight is 509 g/mol. The Balaban J connectivity index is 2.16. The van der Waals surface area contributed by atoms with E-state index in [1.54, 1.807) is 13.8 Å². The van der Waals surface area contributed by atoms with Crippen LogP contribution in [0.4, 0.5) is 0 Å². The molecule has 1 amide bonds. The van der Waals surface area contributed by atoms with E-state index >= 15 is 0 Å². The van der Waals surface area contributed by atoms with Crippen molar-refractivity contribution >= 4 is 23.4 Å². The van der Waals surface area contributed by atoms with Gasteiger partial charge in [-0.2, -0.15) is 0 Å². The van der Waals surface area contributed by atoms with Crippen molar-refractivity contribution in [2.45, 2.75) is 63.6 Å². The lowest BCUT2D eigenvalue weighted by Crippen LogP contribution is -2.57. The van der Waals surface area contributed by atoms with Crippen LogP contribution in [0, 0.1) is 11.3 Å². The fraction of sp³-hybridized carbons (Fsp3) is 0.429. The molecule has 2 aromatic rings. The van der Waals surface area contributed by atoms with Crippen LogP contribution in [0.3, 0.4) is 0 Å².